The first-order chi connectivity index (χ1) is 25.8. The predicted molar refractivity (Wildman–Crippen MR) is 221 cm³/mol. The lowest BCUT2D eigenvalue weighted by molar-refractivity contribution is 1.18. The Morgan fingerprint density at radius 3 is 1.79 bits per heavy atom. The van der Waals surface area contributed by atoms with E-state index in [4.69, 9.17) is 0 Å². The van der Waals surface area contributed by atoms with Gasteiger partial charge in [0.2, 0.25) is 0 Å². The average molecular weight is 663 g/mol. The van der Waals surface area contributed by atoms with Gasteiger partial charge in [0.25, 0.3) is 0 Å². The molecule has 1 aromatic heterocycles. The van der Waals surface area contributed by atoms with E-state index in [1.54, 1.807) is 0 Å². The van der Waals surface area contributed by atoms with E-state index in [1.807, 2.05) is 0 Å². The van der Waals surface area contributed by atoms with Crippen LogP contribution >= 0.6 is 0 Å². The van der Waals surface area contributed by atoms with Crippen LogP contribution in [0.25, 0.3) is 71.3 Å². The molecule has 9 aromatic carbocycles. The summed E-state index contributed by atoms with van der Waals surface area (Å²) in [6.07, 6.45) is 0. The molecule has 2 heteroatoms. The summed E-state index contributed by atoms with van der Waals surface area (Å²) in [6.45, 7) is 0. The van der Waals surface area contributed by atoms with Crippen molar-refractivity contribution in [3.8, 4) is 27.9 Å². The van der Waals surface area contributed by atoms with Crippen LogP contribution in [0.2, 0.25) is 0 Å². The van der Waals surface area contributed by atoms with Crippen molar-refractivity contribution in [2.45, 2.75) is 0 Å². The highest BCUT2D eigenvalue weighted by Gasteiger charge is 2.21. The second-order valence-electron chi connectivity index (χ2n) is 13.3. The van der Waals surface area contributed by atoms with Gasteiger partial charge in [0.05, 0.1) is 22.4 Å². The molecule has 0 bridgehead atoms. The number of aromatic nitrogens is 1. The number of anilines is 3. The molecule has 10 rings (SSSR count). The molecule has 10 aromatic rings. The third-order valence-electron chi connectivity index (χ3n) is 10.4. The zero-order valence-electron chi connectivity index (χ0n) is 28.5. The van der Waals surface area contributed by atoms with Gasteiger partial charge in [0, 0.05) is 33.1 Å². The van der Waals surface area contributed by atoms with E-state index >= 15 is 0 Å². The predicted octanol–water partition coefficient (Wildman–Crippen LogP) is 13.9. The van der Waals surface area contributed by atoms with Crippen LogP contribution in [-0.2, 0) is 0 Å². The third-order valence-corrected chi connectivity index (χ3v) is 10.4. The molecule has 0 unspecified atom stereocenters. The summed E-state index contributed by atoms with van der Waals surface area (Å²) in [4.78, 5) is 2.41. The van der Waals surface area contributed by atoms with Crippen LogP contribution in [-0.4, -0.2) is 4.57 Å². The van der Waals surface area contributed by atoms with Gasteiger partial charge in [-0.15, -0.1) is 0 Å². The van der Waals surface area contributed by atoms with Gasteiger partial charge >= 0.3 is 0 Å². The number of para-hydroxylation sites is 3. The second-order valence-corrected chi connectivity index (χ2v) is 13.3. The summed E-state index contributed by atoms with van der Waals surface area (Å²) in [5.41, 5.74) is 11.7. The number of nitrogens with zero attached hydrogens (tertiary/aromatic N) is 2. The van der Waals surface area contributed by atoms with Crippen LogP contribution in [0.4, 0.5) is 17.1 Å². The maximum Gasteiger partial charge on any atom is 0.0562 e. The van der Waals surface area contributed by atoms with Gasteiger partial charge in [-0.2, -0.15) is 0 Å². The summed E-state index contributed by atoms with van der Waals surface area (Å²) < 4.78 is 2.46. The molecule has 0 amide bonds. The fourth-order valence-electron chi connectivity index (χ4n) is 8.07. The molecular weight excluding hydrogens is 629 g/mol. The SMILES string of the molecule is c1ccc(-c2ccc(N(c3ccccc3)c3ccc4c5ccccc5n(-c5ccccc5-c5cccc6ccccc56)c4c3)c3ccccc23)cc1. The van der Waals surface area contributed by atoms with Gasteiger partial charge < -0.3 is 9.47 Å². The molecule has 0 aliphatic rings. The molecular formula is C50H34N2. The van der Waals surface area contributed by atoms with Gasteiger partial charge in [0.15, 0.2) is 0 Å². The minimum absolute atomic E-state index is 1.10. The van der Waals surface area contributed by atoms with E-state index in [2.05, 4.69) is 216 Å². The maximum absolute atomic E-state index is 2.46. The van der Waals surface area contributed by atoms with Crippen LogP contribution in [0.1, 0.15) is 0 Å². The van der Waals surface area contributed by atoms with Crippen molar-refractivity contribution in [1.29, 1.82) is 0 Å². The lowest BCUT2D eigenvalue weighted by Gasteiger charge is -2.28. The number of rotatable bonds is 6. The minimum atomic E-state index is 1.10. The van der Waals surface area contributed by atoms with Crippen molar-refractivity contribution < 1.29 is 0 Å². The fraction of sp³-hybridized carbons (Fsp3) is 0. The summed E-state index contributed by atoms with van der Waals surface area (Å²) >= 11 is 0. The minimum Gasteiger partial charge on any atom is -0.310 e. The number of fused-ring (bicyclic) bond motifs is 5. The highest BCUT2D eigenvalue weighted by molar-refractivity contribution is 6.12. The van der Waals surface area contributed by atoms with Crippen molar-refractivity contribution in [2.24, 2.45) is 0 Å². The Balaban J connectivity index is 1.24. The Bertz CT molecular complexity index is 2900. The monoisotopic (exact) mass is 662 g/mol. The molecule has 0 saturated heterocycles. The number of hydrogen-bond acceptors (Lipinski definition) is 1. The molecule has 0 spiro atoms. The second kappa shape index (κ2) is 12.5. The van der Waals surface area contributed by atoms with Crippen molar-refractivity contribution in [3.05, 3.63) is 206 Å². The van der Waals surface area contributed by atoms with E-state index in [0.717, 1.165) is 28.3 Å². The molecule has 52 heavy (non-hydrogen) atoms. The molecule has 1 heterocycles. The largest absolute Gasteiger partial charge is 0.310 e. The van der Waals surface area contributed by atoms with Crippen LogP contribution in [0.5, 0.6) is 0 Å². The zero-order valence-corrected chi connectivity index (χ0v) is 28.5. The zero-order chi connectivity index (χ0) is 34.4. The van der Waals surface area contributed by atoms with Crippen LogP contribution in [0.15, 0.2) is 206 Å². The Kier molecular flexibility index (Phi) is 7.18. The molecule has 2 nitrogen and oxygen atoms in total. The van der Waals surface area contributed by atoms with E-state index in [-0.39, 0.29) is 0 Å². The third kappa shape index (κ3) is 4.88. The molecule has 0 N–H and O–H groups in total. The molecule has 0 saturated carbocycles. The quantitative estimate of drug-likeness (QED) is 0.172. The first kappa shape index (κ1) is 30.0. The molecule has 0 aliphatic heterocycles. The van der Waals surface area contributed by atoms with Crippen molar-refractivity contribution in [1.82, 2.24) is 4.57 Å². The van der Waals surface area contributed by atoms with E-state index < -0.39 is 0 Å². The Morgan fingerprint density at radius 2 is 0.942 bits per heavy atom. The summed E-state index contributed by atoms with van der Waals surface area (Å²) in [6, 6.07) is 74.7. The highest BCUT2D eigenvalue weighted by Crippen LogP contribution is 2.44. The lowest BCUT2D eigenvalue weighted by atomic mass is 9.96. The van der Waals surface area contributed by atoms with Crippen LogP contribution in [0, 0.1) is 0 Å². The molecule has 0 fully saturated rings. The molecule has 244 valence electrons. The first-order valence-electron chi connectivity index (χ1n) is 17.9. The molecule has 0 aliphatic carbocycles. The van der Waals surface area contributed by atoms with E-state index in [9.17, 15) is 0 Å². The highest BCUT2D eigenvalue weighted by atomic mass is 15.1. The number of hydrogen-bond donors (Lipinski definition) is 0. The van der Waals surface area contributed by atoms with Crippen molar-refractivity contribution >= 4 is 60.4 Å². The molecule has 0 atom stereocenters. The van der Waals surface area contributed by atoms with E-state index in [1.165, 1.54) is 60.1 Å². The summed E-state index contributed by atoms with van der Waals surface area (Å²) in [5, 5.41) is 7.38. The maximum atomic E-state index is 2.46. The van der Waals surface area contributed by atoms with Crippen LogP contribution < -0.4 is 4.90 Å². The van der Waals surface area contributed by atoms with Crippen LogP contribution in [0.3, 0.4) is 0 Å². The van der Waals surface area contributed by atoms with Gasteiger partial charge in [-0.05, 0) is 75.3 Å². The van der Waals surface area contributed by atoms with E-state index in [0.29, 0.717) is 0 Å². The Morgan fingerprint density at radius 1 is 0.327 bits per heavy atom. The first-order valence-corrected chi connectivity index (χ1v) is 17.9. The van der Waals surface area contributed by atoms with Crippen molar-refractivity contribution in [2.75, 3.05) is 4.90 Å². The smallest absolute Gasteiger partial charge is 0.0562 e. The Hall–Kier alpha value is -6.90. The summed E-state index contributed by atoms with van der Waals surface area (Å²) in [5.74, 6) is 0. The standard InChI is InChI=1S/C50H34N2/c1-3-16-35(17-4-1)40-32-33-49(44-24-10-9-23-41(40)44)51(37-20-5-2-6-21-37)38-30-31-46-45-26-12-14-29-48(45)52(50(46)34-38)47-28-13-11-25-43(47)42-27-15-19-36-18-7-8-22-39(36)42/h1-34H. The average Bonchev–Trinajstić information content (AvgIpc) is 3.55. The van der Waals surface area contributed by atoms with Gasteiger partial charge in [0.1, 0.15) is 0 Å². The molecule has 0 radical (unpaired) electrons. The van der Waals surface area contributed by atoms with Gasteiger partial charge in [-0.1, -0.05) is 164 Å². The topological polar surface area (TPSA) is 8.17 Å². The summed E-state index contributed by atoms with van der Waals surface area (Å²) in [7, 11) is 0. The number of benzene rings is 9. The van der Waals surface area contributed by atoms with Gasteiger partial charge in [-0.3, -0.25) is 0 Å². The normalized spacial score (nSPS) is 11.5. The fourth-order valence-corrected chi connectivity index (χ4v) is 8.07. The van der Waals surface area contributed by atoms with Crippen molar-refractivity contribution in [3.63, 3.8) is 0 Å². The lowest BCUT2D eigenvalue weighted by Crippen LogP contribution is -2.10. The van der Waals surface area contributed by atoms with Gasteiger partial charge in [-0.25, -0.2) is 0 Å². The Labute approximate surface area is 303 Å².